The molecule has 4 heteroatoms. The van der Waals surface area contributed by atoms with Gasteiger partial charge in [-0.2, -0.15) is 5.10 Å². The van der Waals surface area contributed by atoms with Gasteiger partial charge in [0.25, 0.3) is 0 Å². The zero-order valence-corrected chi connectivity index (χ0v) is 14.4. The van der Waals surface area contributed by atoms with E-state index in [1.54, 1.807) is 0 Å². The zero-order chi connectivity index (χ0) is 15.4. The SMILES string of the molecule is CCNCc1c(C)nn(C)c1N(C)C1CCC(CC)CC1. The molecule has 1 saturated carbocycles. The van der Waals surface area contributed by atoms with Crippen LogP contribution in [0.4, 0.5) is 5.82 Å². The maximum atomic E-state index is 4.65. The van der Waals surface area contributed by atoms with Crippen molar-refractivity contribution in [3.05, 3.63) is 11.3 Å². The van der Waals surface area contributed by atoms with Crippen molar-refractivity contribution in [1.82, 2.24) is 15.1 Å². The molecular weight excluding hydrogens is 260 g/mol. The number of nitrogens with one attached hydrogen (secondary N) is 1. The van der Waals surface area contributed by atoms with Crippen LogP contribution in [0, 0.1) is 12.8 Å². The van der Waals surface area contributed by atoms with Crippen LogP contribution in [0.15, 0.2) is 0 Å². The van der Waals surface area contributed by atoms with E-state index in [0.29, 0.717) is 6.04 Å². The Hall–Kier alpha value is -1.03. The minimum absolute atomic E-state index is 0.669. The minimum Gasteiger partial charge on any atom is -0.357 e. The second-order valence-electron chi connectivity index (χ2n) is 6.49. The third kappa shape index (κ3) is 3.60. The molecule has 0 bridgehead atoms. The molecule has 4 nitrogen and oxygen atoms in total. The summed E-state index contributed by atoms with van der Waals surface area (Å²) in [6.07, 6.45) is 6.74. The molecule has 1 aromatic heterocycles. The van der Waals surface area contributed by atoms with Crippen LogP contribution in [0.25, 0.3) is 0 Å². The summed E-state index contributed by atoms with van der Waals surface area (Å²) >= 11 is 0. The van der Waals surface area contributed by atoms with Crippen molar-refractivity contribution in [1.29, 1.82) is 0 Å². The first-order chi connectivity index (χ1) is 10.1. The molecule has 0 spiro atoms. The first-order valence-electron chi connectivity index (χ1n) is 8.54. The average Bonchev–Trinajstić information content (AvgIpc) is 2.78. The minimum atomic E-state index is 0.669. The first-order valence-corrected chi connectivity index (χ1v) is 8.54. The van der Waals surface area contributed by atoms with Crippen molar-refractivity contribution in [2.24, 2.45) is 13.0 Å². The summed E-state index contributed by atoms with van der Waals surface area (Å²) in [7, 11) is 4.33. The molecule has 0 atom stereocenters. The van der Waals surface area contributed by atoms with Crippen LogP contribution in [0.1, 0.15) is 57.2 Å². The first kappa shape index (κ1) is 16.3. The van der Waals surface area contributed by atoms with Gasteiger partial charge in [-0.05, 0) is 45.1 Å². The van der Waals surface area contributed by atoms with E-state index in [1.165, 1.54) is 43.5 Å². The summed E-state index contributed by atoms with van der Waals surface area (Å²) < 4.78 is 2.06. The van der Waals surface area contributed by atoms with Gasteiger partial charge in [0.2, 0.25) is 0 Å². The molecule has 0 aromatic carbocycles. The lowest BCUT2D eigenvalue weighted by Gasteiger charge is -2.36. The highest BCUT2D eigenvalue weighted by atomic mass is 15.4. The number of hydrogen-bond acceptors (Lipinski definition) is 3. The Morgan fingerprint density at radius 3 is 2.48 bits per heavy atom. The summed E-state index contributed by atoms with van der Waals surface area (Å²) in [5, 5.41) is 8.10. The number of rotatable bonds is 6. The van der Waals surface area contributed by atoms with Gasteiger partial charge < -0.3 is 10.2 Å². The Bertz CT molecular complexity index is 444. The third-order valence-corrected chi connectivity index (χ3v) is 5.14. The van der Waals surface area contributed by atoms with E-state index in [2.05, 4.69) is 54.9 Å². The van der Waals surface area contributed by atoms with Gasteiger partial charge in [0, 0.05) is 32.2 Å². The topological polar surface area (TPSA) is 33.1 Å². The van der Waals surface area contributed by atoms with Crippen LogP contribution in [0.2, 0.25) is 0 Å². The molecule has 0 saturated heterocycles. The fraction of sp³-hybridized carbons (Fsp3) is 0.824. The van der Waals surface area contributed by atoms with E-state index >= 15 is 0 Å². The highest BCUT2D eigenvalue weighted by Crippen LogP contribution is 2.33. The summed E-state index contributed by atoms with van der Waals surface area (Å²) in [5.41, 5.74) is 2.52. The zero-order valence-electron chi connectivity index (χ0n) is 14.4. The van der Waals surface area contributed by atoms with E-state index in [1.807, 2.05) is 0 Å². The maximum absolute atomic E-state index is 4.65. The monoisotopic (exact) mass is 292 g/mol. The van der Waals surface area contributed by atoms with E-state index in [9.17, 15) is 0 Å². The molecule has 1 aliphatic carbocycles. The maximum Gasteiger partial charge on any atom is 0.131 e. The van der Waals surface area contributed by atoms with Gasteiger partial charge in [-0.25, -0.2) is 0 Å². The Balaban J connectivity index is 2.13. The highest BCUT2D eigenvalue weighted by molar-refractivity contribution is 5.50. The van der Waals surface area contributed by atoms with Crippen LogP contribution < -0.4 is 10.2 Å². The normalized spacial score (nSPS) is 22.5. The molecule has 1 aliphatic rings. The smallest absolute Gasteiger partial charge is 0.131 e. The number of anilines is 1. The van der Waals surface area contributed by atoms with Gasteiger partial charge in [0.15, 0.2) is 0 Å². The number of aromatic nitrogens is 2. The summed E-state index contributed by atoms with van der Waals surface area (Å²) in [5.74, 6) is 2.25. The van der Waals surface area contributed by atoms with Crippen molar-refractivity contribution < 1.29 is 0 Å². The Morgan fingerprint density at radius 1 is 1.24 bits per heavy atom. The summed E-state index contributed by atoms with van der Waals surface area (Å²) in [6.45, 7) is 8.52. The molecule has 0 radical (unpaired) electrons. The molecule has 0 aliphatic heterocycles. The lowest BCUT2D eigenvalue weighted by atomic mass is 9.84. The predicted octanol–water partition coefficient (Wildman–Crippen LogP) is 3.24. The predicted molar refractivity (Wildman–Crippen MR) is 89.8 cm³/mol. The van der Waals surface area contributed by atoms with Crippen LogP contribution in [-0.4, -0.2) is 29.4 Å². The number of hydrogen-bond donors (Lipinski definition) is 1. The molecular formula is C17H32N4. The molecule has 120 valence electrons. The van der Waals surface area contributed by atoms with Gasteiger partial charge in [0.05, 0.1) is 5.69 Å². The van der Waals surface area contributed by atoms with E-state index in [0.717, 1.165) is 24.7 Å². The van der Waals surface area contributed by atoms with E-state index < -0.39 is 0 Å². The molecule has 2 rings (SSSR count). The summed E-state index contributed by atoms with van der Waals surface area (Å²) in [6, 6.07) is 0.669. The lowest BCUT2D eigenvalue weighted by molar-refractivity contribution is 0.311. The molecule has 1 aromatic rings. The third-order valence-electron chi connectivity index (χ3n) is 5.14. The van der Waals surface area contributed by atoms with Crippen LogP contribution in [0.5, 0.6) is 0 Å². The van der Waals surface area contributed by atoms with Gasteiger partial charge in [-0.3, -0.25) is 4.68 Å². The molecule has 21 heavy (non-hydrogen) atoms. The second kappa shape index (κ2) is 7.30. The fourth-order valence-electron chi connectivity index (χ4n) is 3.70. The second-order valence-corrected chi connectivity index (χ2v) is 6.49. The average molecular weight is 292 g/mol. The van der Waals surface area contributed by atoms with Crippen molar-refractivity contribution in [3.63, 3.8) is 0 Å². The number of nitrogens with zero attached hydrogens (tertiary/aromatic N) is 3. The van der Waals surface area contributed by atoms with E-state index in [-0.39, 0.29) is 0 Å². The van der Waals surface area contributed by atoms with Gasteiger partial charge in [-0.15, -0.1) is 0 Å². The number of aryl methyl sites for hydroxylation is 2. The van der Waals surface area contributed by atoms with Crippen LogP contribution in [-0.2, 0) is 13.6 Å². The lowest BCUT2D eigenvalue weighted by Crippen LogP contribution is -2.37. The quantitative estimate of drug-likeness (QED) is 0.874. The van der Waals surface area contributed by atoms with Crippen molar-refractivity contribution in [2.45, 2.75) is 65.5 Å². The highest BCUT2D eigenvalue weighted by Gasteiger charge is 2.26. The fourth-order valence-corrected chi connectivity index (χ4v) is 3.70. The molecule has 1 fully saturated rings. The molecule has 0 amide bonds. The van der Waals surface area contributed by atoms with Gasteiger partial charge in [0.1, 0.15) is 5.82 Å². The van der Waals surface area contributed by atoms with E-state index in [4.69, 9.17) is 0 Å². The van der Waals surface area contributed by atoms with Crippen LogP contribution >= 0.6 is 0 Å². The Kier molecular flexibility index (Phi) is 5.68. The molecule has 1 heterocycles. The standard InChI is InChI=1S/C17H32N4/c1-6-14-8-10-15(11-9-14)20(4)17-16(12-18-7-2)13(3)19-21(17)5/h14-15,18H,6-12H2,1-5H3. The van der Waals surface area contributed by atoms with Crippen molar-refractivity contribution in [3.8, 4) is 0 Å². The summed E-state index contributed by atoms with van der Waals surface area (Å²) in [4.78, 5) is 2.48. The largest absolute Gasteiger partial charge is 0.357 e. The Morgan fingerprint density at radius 2 is 1.90 bits per heavy atom. The Labute approximate surface area is 129 Å². The van der Waals surface area contributed by atoms with Gasteiger partial charge >= 0.3 is 0 Å². The molecule has 0 unspecified atom stereocenters. The van der Waals surface area contributed by atoms with Crippen molar-refractivity contribution >= 4 is 5.82 Å². The van der Waals surface area contributed by atoms with Crippen LogP contribution in [0.3, 0.4) is 0 Å². The van der Waals surface area contributed by atoms with Crippen molar-refractivity contribution in [2.75, 3.05) is 18.5 Å². The molecule has 1 N–H and O–H groups in total. The van der Waals surface area contributed by atoms with Gasteiger partial charge in [-0.1, -0.05) is 20.3 Å².